The quantitative estimate of drug-likeness (QED) is 0.697. The van der Waals surface area contributed by atoms with Gasteiger partial charge in [0.2, 0.25) is 5.91 Å². The number of rotatable bonds is 6. The highest BCUT2D eigenvalue weighted by molar-refractivity contribution is 6.07. The van der Waals surface area contributed by atoms with Crippen molar-refractivity contribution < 1.29 is 23.9 Å². The van der Waals surface area contributed by atoms with Crippen LogP contribution in [0.4, 0.5) is 17.3 Å². The van der Waals surface area contributed by atoms with Crippen molar-refractivity contribution >= 4 is 35.1 Å². The van der Waals surface area contributed by atoms with Gasteiger partial charge >= 0.3 is 5.97 Å². The predicted molar refractivity (Wildman–Crippen MR) is 111 cm³/mol. The van der Waals surface area contributed by atoms with Crippen LogP contribution < -0.4 is 20.7 Å². The Labute approximate surface area is 174 Å². The van der Waals surface area contributed by atoms with Crippen molar-refractivity contribution in [2.45, 2.75) is 26.9 Å². The molecule has 0 saturated carbocycles. The zero-order valence-corrected chi connectivity index (χ0v) is 17.0. The van der Waals surface area contributed by atoms with Crippen molar-refractivity contribution in [1.29, 1.82) is 0 Å². The smallest absolute Gasteiger partial charge is 0.340 e. The molecule has 0 bridgehead atoms. The molecule has 9 heteroatoms. The summed E-state index contributed by atoms with van der Waals surface area (Å²) >= 11 is 0. The fourth-order valence-electron chi connectivity index (χ4n) is 3.07. The Balaban J connectivity index is 1.85. The molecule has 30 heavy (non-hydrogen) atoms. The van der Waals surface area contributed by atoms with Gasteiger partial charge in [-0.1, -0.05) is 26.0 Å². The van der Waals surface area contributed by atoms with Crippen LogP contribution >= 0.6 is 0 Å². The lowest BCUT2D eigenvalue weighted by molar-refractivity contribution is -0.129. The van der Waals surface area contributed by atoms with Crippen LogP contribution in [0, 0.1) is 5.92 Å². The fraction of sp³-hybridized carbons (Fsp3) is 0.333. The summed E-state index contributed by atoms with van der Waals surface area (Å²) in [4.78, 5) is 43.3. The van der Waals surface area contributed by atoms with E-state index in [-0.39, 0.29) is 42.2 Å². The van der Waals surface area contributed by atoms with E-state index in [4.69, 9.17) is 15.2 Å². The number of nitrogens with one attached hydrogen (secondary N) is 1. The standard InChI is InChI=1S/C21H24N4O5/c1-4-29-21(28)13-7-5-6-8-14(13)23-17(26)11-25-19-15(9-10-16(22)24-19)30-18(12(2)3)20(25)27/h5-10,12,18H,4,11H2,1-3H3,(H2,22,24)(H,23,26). The number of para-hydroxylation sites is 1. The molecule has 9 nitrogen and oxygen atoms in total. The molecule has 0 aliphatic carbocycles. The minimum absolute atomic E-state index is 0.113. The highest BCUT2D eigenvalue weighted by Crippen LogP contribution is 2.34. The average Bonchev–Trinajstić information content (AvgIpc) is 2.70. The molecule has 158 valence electrons. The molecule has 2 heterocycles. The molecule has 3 rings (SSSR count). The Kier molecular flexibility index (Phi) is 6.20. The van der Waals surface area contributed by atoms with E-state index < -0.39 is 18.0 Å². The van der Waals surface area contributed by atoms with Gasteiger partial charge in [0.1, 0.15) is 12.4 Å². The molecule has 1 aliphatic heterocycles. The average molecular weight is 412 g/mol. The fourth-order valence-corrected chi connectivity index (χ4v) is 3.07. The summed E-state index contributed by atoms with van der Waals surface area (Å²) in [5, 5.41) is 2.67. The summed E-state index contributed by atoms with van der Waals surface area (Å²) in [6.07, 6.45) is -0.748. The Morgan fingerprint density at radius 3 is 2.70 bits per heavy atom. The van der Waals surface area contributed by atoms with E-state index in [1.54, 1.807) is 43.3 Å². The molecule has 1 aliphatic rings. The number of pyridine rings is 1. The Bertz CT molecular complexity index is 976. The largest absolute Gasteiger partial charge is 0.476 e. The molecule has 0 radical (unpaired) electrons. The number of nitrogens with zero attached hydrogens (tertiary/aromatic N) is 2. The maximum absolute atomic E-state index is 13.0. The van der Waals surface area contributed by atoms with Gasteiger partial charge in [-0.05, 0) is 37.1 Å². The number of nitrogens with two attached hydrogens (primary N) is 1. The minimum Gasteiger partial charge on any atom is -0.476 e. The van der Waals surface area contributed by atoms with Gasteiger partial charge in [-0.3, -0.25) is 14.5 Å². The summed E-state index contributed by atoms with van der Waals surface area (Å²) in [5.74, 6) is -0.780. The predicted octanol–water partition coefficient (Wildman–Crippen LogP) is 2.23. The summed E-state index contributed by atoms with van der Waals surface area (Å²) in [6, 6.07) is 9.70. The Morgan fingerprint density at radius 1 is 1.27 bits per heavy atom. The third kappa shape index (κ3) is 4.35. The van der Waals surface area contributed by atoms with E-state index >= 15 is 0 Å². The number of amides is 2. The second kappa shape index (κ2) is 8.81. The molecule has 0 fully saturated rings. The van der Waals surface area contributed by atoms with Crippen molar-refractivity contribution in [2.75, 3.05) is 29.1 Å². The van der Waals surface area contributed by atoms with Gasteiger partial charge in [0, 0.05) is 0 Å². The first-order chi connectivity index (χ1) is 14.3. The Morgan fingerprint density at radius 2 is 2.00 bits per heavy atom. The van der Waals surface area contributed by atoms with E-state index in [0.29, 0.717) is 11.4 Å². The normalized spacial score (nSPS) is 15.4. The molecule has 0 spiro atoms. The lowest BCUT2D eigenvalue weighted by Gasteiger charge is -2.34. The van der Waals surface area contributed by atoms with Crippen LogP contribution in [0.1, 0.15) is 31.1 Å². The number of aromatic nitrogens is 1. The molecule has 2 amide bonds. The monoisotopic (exact) mass is 412 g/mol. The molecule has 1 atom stereocenters. The summed E-state index contributed by atoms with van der Waals surface area (Å²) in [6.45, 7) is 5.30. The third-order valence-electron chi connectivity index (χ3n) is 4.48. The van der Waals surface area contributed by atoms with Crippen LogP contribution in [-0.2, 0) is 14.3 Å². The second-order valence-electron chi connectivity index (χ2n) is 7.08. The van der Waals surface area contributed by atoms with Crippen LogP contribution in [0.15, 0.2) is 36.4 Å². The summed E-state index contributed by atoms with van der Waals surface area (Å²) < 4.78 is 10.8. The maximum atomic E-state index is 13.0. The van der Waals surface area contributed by atoms with E-state index in [1.165, 1.54) is 4.90 Å². The Hall–Kier alpha value is -3.62. The minimum atomic E-state index is -0.748. The van der Waals surface area contributed by atoms with Gasteiger partial charge < -0.3 is 20.5 Å². The highest BCUT2D eigenvalue weighted by atomic mass is 16.5. The van der Waals surface area contributed by atoms with Gasteiger partial charge in [0.25, 0.3) is 5.91 Å². The van der Waals surface area contributed by atoms with Crippen LogP contribution in [0.5, 0.6) is 5.75 Å². The van der Waals surface area contributed by atoms with Crippen LogP contribution in [0.25, 0.3) is 0 Å². The lowest BCUT2D eigenvalue weighted by atomic mass is 10.0. The number of ether oxygens (including phenoxy) is 2. The first kappa shape index (κ1) is 21.1. The summed E-state index contributed by atoms with van der Waals surface area (Å²) in [5.41, 5.74) is 6.28. The second-order valence-corrected chi connectivity index (χ2v) is 7.08. The molecule has 2 aromatic rings. The number of hydrogen-bond acceptors (Lipinski definition) is 7. The first-order valence-electron chi connectivity index (χ1n) is 9.62. The van der Waals surface area contributed by atoms with Crippen molar-refractivity contribution in [1.82, 2.24) is 4.98 Å². The molecule has 0 saturated heterocycles. The van der Waals surface area contributed by atoms with E-state index in [0.717, 1.165) is 0 Å². The molecular formula is C21H24N4O5. The third-order valence-corrected chi connectivity index (χ3v) is 4.48. The number of anilines is 3. The molecule has 1 unspecified atom stereocenters. The van der Waals surface area contributed by atoms with Crippen molar-refractivity contribution in [3.8, 4) is 5.75 Å². The number of esters is 1. The van der Waals surface area contributed by atoms with Gasteiger partial charge in [-0.15, -0.1) is 0 Å². The SMILES string of the molecule is CCOC(=O)c1ccccc1NC(=O)CN1C(=O)C(C(C)C)Oc2ccc(N)nc21. The van der Waals surface area contributed by atoms with Gasteiger partial charge in [0.15, 0.2) is 17.7 Å². The zero-order chi connectivity index (χ0) is 21.8. The molecular weight excluding hydrogens is 388 g/mol. The van der Waals surface area contributed by atoms with E-state index in [9.17, 15) is 14.4 Å². The van der Waals surface area contributed by atoms with Gasteiger partial charge in [-0.25, -0.2) is 9.78 Å². The number of nitrogen functional groups attached to an aromatic ring is 1. The number of benzene rings is 1. The number of carbonyl (C=O) groups is 3. The first-order valence-corrected chi connectivity index (χ1v) is 9.62. The highest BCUT2D eigenvalue weighted by Gasteiger charge is 2.38. The number of hydrogen-bond donors (Lipinski definition) is 2. The van der Waals surface area contributed by atoms with Gasteiger partial charge in [0.05, 0.1) is 17.9 Å². The maximum Gasteiger partial charge on any atom is 0.340 e. The van der Waals surface area contributed by atoms with Crippen LogP contribution in [-0.4, -0.2) is 42.0 Å². The lowest BCUT2D eigenvalue weighted by Crippen LogP contribution is -2.51. The molecule has 1 aromatic carbocycles. The van der Waals surface area contributed by atoms with Gasteiger partial charge in [-0.2, -0.15) is 0 Å². The zero-order valence-electron chi connectivity index (χ0n) is 17.0. The van der Waals surface area contributed by atoms with E-state index in [1.807, 2.05) is 13.8 Å². The molecule has 3 N–H and O–H groups in total. The van der Waals surface area contributed by atoms with Crippen molar-refractivity contribution in [2.24, 2.45) is 5.92 Å². The number of carbonyl (C=O) groups excluding carboxylic acids is 3. The summed E-state index contributed by atoms with van der Waals surface area (Å²) in [7, 11) is 0. The topological polar surface area (TPSA) is 124 Å². The van der Waals surface area contributed by atoms with Crippen LogP contribution in [0.2, 0.25) is 0 Å². The van der Waals surface area contributed by atoms with E-state index in [2.05, 4.69) is 10.3 Å². The van der Waals surface area contributed by atoms with Crippen LogP contribution in [0.3, 0.4) is 0 Å². The van der Waals surface area contributed by atoms with Crippen molar-refractivity contribution in [3.63, 3.8) is 0 Å². The van der Waals surface area contributed by atoms with Crippen molar-refractivity contribution in [3.05, 3.63) is 42.0 Å². The number of fused-ring (bicyclic) bond motifs is 1. The molecule has 1 aromatic heterocycles.